The molecule has 2 aromatic rings. The van der Waals surface area contributed by atoms with Crippen molar-refractivity contribution in [3.63, 3.8) is 0 Å². The summed E-state index contributed by atoms with van der Waals surface area (Å²) in [5, 5.41) is 2.86. The fourth-order valence-electron chi connectivity index (χ4n) is 2.07. The van der Waals surface area contributed by atoms with Crippen LogP contribution in [0.5, 0.6) is 17.2 Å². The van der Waals surface area contributed by atoms with Gasteiger partial charge < -0.3 is 19.5 Å². The van der Waals surface area contributed by atoms with Crippen molar-refractivity contribution in [3.05, 3.63) is 54.1 Å². The van der Waals surface area contributed by atoms with Gasteiger partial charge in [-0.3, -0.25) is 4.79 Å². The highest BCUT2D eigenvalue weighted by molar-refractivity contribution is 5.97. The van der Waals surface area contributed by atoms with E-state index in [1.165, 1.54) is 7.11 Å². The molecule has 0 unspecified atom stereocenters. The molecule has 1 N–H and O–H groups in total. The average molecular weight is 315 g/mol. The minimum atomic E-state index is -0.194. The minimum absolute atomic E-state index is 0.194. The molecular formula is C18H21NO4. The zero-order valence-corrected chi connectivity index (χ0v) is 13.4. The summed E-state index contributed by atoms with van der Waals surface area (Å²) >= 11 is 0. The van der Waals surface area contributed by atoms with E-state index in [0.29, 0.717) is 36.6 Å². The smallest absolute Gasteiger partial charge is 0.255 e. The van der Waals surface area contributed by atoms with Gasteiger partial charge in [0, 0.05) is 6.54 Å². The summed E-state index contributed by atoms with van der Waals surface area (Å²) in [7, 11) is 3.09. The summed E-state index contributed by atoms with van der Waals surface area (Å²) in [6, 6.07) is 14.7. The number of hydrogen-bond donors (Lipinski definition) is 1. The van der Waals surface area contributed by atoms with E-state index in [1.54, 1.807) is 25.3 Å². The fraction of sp³-hybridized carbons (Fsp3) is 0.278. The number of hydrogen-bond acceptors (Lipinski definition) is 4. The molecule has 0 aliphatic rings. The molecule has 0 aliphatic carbocycles. The number of carbonyl (C=O) groups is 1. The van der Waals surface area contributed by atoms with Crippen LogP contribution in [0.1, 0.15) is 16.8 Å². The zero-order chi connectivity index (χ0) is 16.5. The van der Waals surface area contributed by atoms with Crippen LogP contribution in [0.15, 0.2) is 48.5 Å². The largest absolute Gasteiger partial charge is 0.497 e. The summed E-state index contributed by atoms with van der Waals surface area (Å²) in [6.45, 7) is 1.06. The number of methoxy groups -OCH3 is 2. The Morgan fingerprint density at radius 3 is 2.48 bits per heavy atom. The molecule has 0 aromatic heterocycles. The first kappa shape index (κ1) is 16.7. The first-order valence-electron chi connectivity index (χ1n) is 7.42. The van der Waals surface area contributed by atoms with Crippen molar-refractivity contribution in [2.45, 2.75) is 6.42 Å². The van der Waals surface area contributed by atoms with Gasteiger partial charge in [0.15, 0.2) is 0 Å². The summed E-state index contributed by atoms with van der Waals surface area (Å²) in [6.07, 6.45) is 0.715. The van der Waals surface area contributed by atoms with E-state index in [0.717, 1.165) is 5.75 Å². The van der Waals surface area contributed by atoms with Gasteiger partial charge in [-0.2, -0.15) is 0 Å². The number of amides is 1. The highest BCUT2D eigenvalue weighted by Gasteiger charge is 2.13. The number of carbonyl (C=O) groups excluding carboxylic acids is 1. The lowest BCUT2D eigenvalue weighted by Crippen LogP contribution is -2.26. The van der Waals surface area contributed by atoms with Crippen molar-refractivity contribution in [3.8, 4) is 17.2 Å². The van der Waals surface area contributed by atoms with Crippen LogP contribution in [0.3, 0.4) is 0 Å². The molecule has 0 spiro atoms. The number of rotatable bonds is 8. The van der Waals surface area contributed by atoms with Crippen molar-refractivity contribution in [2.75, 3.05) is 27.4 Å². The molecule has 5 heteroatoms. The van der Waals surface area contributed by atoms with E-state index in [4.69, 9.17) is 14.2 Å². The number of ether oxygens (including phenoxy) is 3. The molecule has 0 fully saturated rings. The first-order valence-corrected chi connectivity index (χ1v) is 7.42. The van der Waals surface area contributed by atoms with Gasteiger partial charge in [-0.25, -0.2) is 0 Å². The second kappa shape index (κ2) is 8.68. The van der Waals surface area contributed by atoms with Gasteiger partial charge >= 0.3 is 0 Å². The zero-order valence-electron chi connectivity index (χ0n) is 13.4. The molecule has 0 radical (unpaired) electrons. The van der Waals surface area contributed by atoms with Crippen molar-refractivity contribution in [1.29, 1.82) is 0 Å². The van der Waals surface area contributed by atoms with E-state index in [2.05, 4.69) is 5.32 Å². The Balaban J connectivity index is 1.80. The Kier molecular flexibility index (Phi) is 6.29. The first-order chi connectivity index (χ1) is 11.2. The molecule has 122 valence electrons. The molecule has 0 bridgehead atoms. The van der Waals surface area contributed by atoms with Gasteiger partial charge in [-0.15, -0.1) is 0 Å². The third kappa shape index (κ3) is 4.92. The maximum atomic E-state index is 12.2. The summed E-state index contributed by atoms with van der Waals surface area (Å²) < 4.78 is 15.9. The van der Waals surface area contributed by atoms with Gasteiger partial charge in [0.2, 0.25) is 0 Å². The van der Waals surface area contributed by atoms with Gasteiger partial charge in [0.05, 0.1) is 26.4 Å². The second-order valence-electron chi connectivity index (χ2n) is 4.84. The van der Waals surface area contributed by atoms with E-state index >= 15 is 0 Å². The predicted molar refractivity (Wildman–Crippen MR) is 88.4 cm³/mol. The van der Waals surface area contributed by atoms with Crippen molar-refractivity contribution < 1.29 is 19.0 Å². The van der Waals surface area contributed by atoms with Crippen LogP contribution in [-0.2, 0) is 0 Å². The van der Waals surface area contributed by atoms with Crippen molar-refractivity contribution in [2.24, 2.45) is 0 Å². The molecule has 0 heterocycles. The molecule has 0 aliphatic heterocycles. The van der Waals surface area contributed by atoms with E-state index < -0.39 is 0 Å². The second-order valence-corrected chi connectivity index (χ2v) is 4.84. The summed E-state index contributed by atoms with van der Waals surface area (Å²) in [4.78, 5) is 12.2. The maximum absolute atomic E-state index is 12.2. The quantitative estimate of drug-likeness (QED) is 0.761. The van der Waals surface area contributed by atoms with E-state index in [9.17, 15) is 4.79 Å². The monoisotopic (exact) mass is 315 g/mol. The van der Waals surface area contributed by atoms with Crippen molar-refractivity contribution in [1.82, 2.24) is 5.32 Å². The van der Waals surface area contributed by atoms with Gasteiger partial charge in [-0.05, 0) is 36.8 Å². The Bertz CT molecular complexity index is 628. The predicted octanol–water partition coefficient (Wildman–Crippen LogP) is 2.90. The third-order valence-corrected chi connectivity index (χ3v) is 3.27. The van der Waals surface area contributed by atoms with Crippen LogP contribution in [-0.4, -0.2) is 33.3 Å². The maximum Gasteiger partial charge on any atom is 0.255 e. The average Bonchev–Trinajstić information content (AvgIpc) is 2.61. The Labute approximate surface area is 136 Å². The standard InChI is InChI=1S/C18H21NO4/c1-21-15-9-10-17(22-2)16(13-15)18(20)19-11-6-12-23-14-7-4-3-5-8-14/h3-5,7-10,13H,6,11-12H2,1-2H3,(H,19,20). The van der Waals surface area contributed by atoms with Crippen molar-refractivity contribution >= 4 is 5.91 Å². The van der Waals surface area contributed by atoms with Crippen LogP contribution in [0.2, 0.25) is 0 Å². The molecule has 0 atom stereocenters. The van der Waals surface area contributed by atoms with Crippen LogP contribution >= 0.6 is 0 Å². The molecule has 1 amide bonds. The minimum Gasteiger partial charge on any atom is -0.497 e. The Hall–Kier alpha value is -2.69. The summed E-state index contributed by atoms with van der Waals surface area (Å²) in [5.41, 5.74) is 0.454. The van der Waals surface area contributed by atoms with Crippen LogP contribution < -0.4 is 19.5 Å². The van der Waals surface area contributed by atoms with E-state index in [-0.39, 0.29) is 5.91 Å². The molecular weight excluding hydrogens is 294 g/mol. The lowest BCUT2D eigenvalue weighted by atomic mass is 10.1. The number of nitrogens with one attached hydrogen (secondary N) is 1. The number of para-hydroxylation sites is 1. The highest BCUT2D eigenvalue weighted by atomic mass is 16.5. The third-order valence-electron chi connectivity index (χ3n) is 3.27. The molecule has 0 saturated carbocycles. The van der Waals surface area contributed by atoms with Gasteiger partial charge in [0.1, 0.15) is 17.2 Å². The van der Waals surface area contributed by atoms with Crippen LogP contribution in [0.25, 0.3) is 0 Å². The summed E-state index contributed by atoms with van der Waals surface area (Å²) in [5.74, 6) is 1.76. The highest BCUT2D eigenvalue weighted by Crippen LogP contribution is 2.23. The van der Waals surface area contributed by atoms with Gasteiger partial charge in [-0.1, -0.05) is 18.2 Å². The van der Waals surface area contributed by atoms with E-state index in [1.807, 2.05) is 30.3 Å². The molecule has 5 nitrogen and oxygen atoms in total. The number of benzene rings is 2. The fourth-order valence-corrected chi connectivity index (χ4v) is 2.07. The Morgan fingerprint density at radius 1 is 1.00 bits per heavy atom. The van der Waals surface area contributed by atoms with Crippen LogP contribution in [0.4, 0.5) is 0 Å². The molecule has 2 rings (SSSR count). The lowest BCUT2D eigenvalue weighted by molar-refractivity contribution is 0.0948. The SMILES string of the molecule is COc1ccc(OC)c(C(=O)NCCCOc2ccccc2)c1. The normalized spacial score (nSPS) is 10.0. The van der Waals surface area contributed by atoms with Crippen LogP contribution in [0, 0.1) is 0 Å². The molecule has 0 saturated heterocycles. The topological polar surface area (TPSA) is 56.8 Å². The molecule has 23 heavy (non-hydrogen) atoms. The molecule has 2 aromatic carbocycles. The lowest BCUT2D eigenvalue weighted by Gasteiger charge is -2.11. The Morgan fingerprint density at radius 2 is 1.78 bits per heavy atom. The van der Waals surface area contributed by atoms with Gasteiger partial charge in [0.25, 0.3) is 5.91 Å².